The van der Waals surface area contributed by atoms with Crippen molar-refractivity contribution < 1.29 is 9.13 Å². The number of fused-ring (bicyclic) bond motifs is 1. The van der Waals surface area contributed by atoms with E-state index in [2.05, 4.69) is 5.32 Å². The van der Waals surface area contributed by atoms with Crippen LogP contribution in [0.5, 0.6) is 5.75 Å². The lowest BCUT2D eigenvalue weighted by atomic mass is 10.0. The Morgan fingerprint density at radius 3 is 2.82 bits per heavy atom. The molecular weight excluding hydrogens is 217 g/mol. The maximum Gasteiger partial charge on any atom is 0.142 e. The van der Waals surface area contributed by atoms with Crippen LogP contribution < -0.4 is 10.1 Å². The zero-order valence-electron chi connectivity index (χ0n) is 9.24. The van der Waals surface area contributed by atoms with E-state index in [1.165, 1.54) is 12.1 Å². The molecule has 0 amide bonds. The van der Waals surface area contributed by atoms with Crippen molar-refractivity contribution in [2.45, 2.75) is 0 Å². The van der Waals surface area contributed by atoms with Crippen LogP contribution in [0.25, 0.3) is 11.1 Å². The van der Waals surface area contributed by atoms with Crippen molar-refractivity contribution in [2.24, 2.45) is 0 Å². The lowest BCUT2D eigenvalue weighted by Gasteiger charge is -2.19. The van der Waals surface area contributed by atoms with E-state index in [0.717, 1.165) is 29.1 Å². The molecule has 2 aromatic rings. The fraction of sp³-hybridized carbons (Fsp3) is 0.143. The highest BCUT2D eigenvalue weighted by Crippen LogP contribution is 2.32. The van der Waals surface area contributed by atoms with E-state index in [1.54, 1.807) is 6.07 Å². The molecule has 2 aromatic carbocycles. The lowest BCUT2D eigenvalue weighted by molar-refractivity contribution is 0.323. The molecule has 0 aromatic heterocycles. The van der Waals surface area contributed by atoms with Crippen LogP contribution in [-0.2, 0) is 0 Å². The van der Waals surface area contributed by atoms with Crippen molar-refractivity contribution >= 4 is 5.69 Å². The van der Waals surface area contributed by atoms with E-state index in [-0.39, 0.29) is 5.82 Å². The molecular formula is C14H12FNO. The zero-order valence-corrected chi connectivity index (χ0v) is 9.24. The van der Waals surface area contributed by atoms with Crippen molar-refractivity contribution in [1.82, 2.24) is 0 Å². The Morgan fingerprint density at radius 2 is 1.94 bits per heavy atom. The lowest BCUT2D eigenvalue weighted by Crippen LogP contribution is -2.17. The number of nitrogens with one attached hydrogen (secondary N) is 1. The minimum Gasteiger partial charge on any atom is -0.490 e. The van der Waals surface area contributed by atoms with E-state index in [9.17, 15) is 4.39 Å². The monoisotopic (exact) mass is 229 g/mol. The summed E-state index contributed by atoms with van der Waals surface area (Å²) in [5, 5.41) is 3.27. The first-order valence-electron chi connectivity index (χ1n) is 5.59. The van der Waals surface area contributed by atoms with Crippen molar-refractivity contribution in [3.05, 3.63) is 48.3 Å². The normalized spacial score (nSPS) is 13.5. The molecule has 1 aliphatic heterocycles. The Kier molecular flexibility index (Phi) is 2.44. The van der Waals surface area contributed by atoms with Crippen LogP contribution in [-0.4, -0.2) is 13.2 Å². The Labute approximate surface area is 99.0 Å². The van der Waals surface area contributed by atoms with Crippen molar-refractivity contribution in [3.63, 3.8) is 0 Å². The molecule has 0 bridgehead atoms. The van der Waals surface area contributed by atoms with Crippen LogP contribution in [0.15, 0.2) is 42.5 Å². The maximum atomic E-state index is 13.2. The Morgan fingerprint density at radius 1 is 1.06 bits per heavy atom. The molecule has 0 spiro atoms. The van der Waals surface area contributed by atoms with Gasteiger partial charge in [0.2, 0.25) is 0 Å². The van der Waals surface area contributed by atoms with Crippen molar-refractivity contribution in [1.29, 1.82) is 0 Å². The van der Waals surface area contributed by atoms with Gasteiger partial charge in [-0.2, -0.15) is 0 Å². The molecule has 0 saturated heterocycles. The fourth-order valence-electron chi connectivity index (χ4n) is 1.99. The standard InChI is InChI=1S/C14H12FNO/c15-12-3-1-2-10(8-12)11-4-5-14-13(9-11)16-6-7-17-14/h1-5,8-9,16H,6-7H2. The molecule has 3 rings (SSSR count). The van der Waals surface area contributed by atoms with Gasteiger partial charge in [0.25, 0.3) is 0 Å². The Balaban J connectivity index is 2.04. The van der Waals surface area contributed by atoms with Gasteiger partial charge in [-0.3, -0.25) is 0 Å². The third-order valence-electron chi connectivity index (χ3n) is 2.81. The second-order valence-electron chi connectivity index (χ2n) is 4.00. The van der Waals surface area contributed by atoms with Gasteiger partial charge in [0.1, 0.15) is 18.2 Å². The molecule has 0 radical (unpaired) electrons. The molecule has 1 aliphatic rings. The van der Waals surface area contributed by atoms with Gasteiger partial charge in [-0.1, -0.05) is 18.2 Å². The van der Waals surface area contributed by atoms with Gasteiger partial charge >= 0.3 is 0 Å². The van der Waals surface area contributed by atoms with Crippen LogP contribution in [0.1, 0.15) is 0 Å². The second kappa shape index (κ2) is 4.09. The Hall–Kier alpha value is -2.03. The first-order valence-corrected chi connectivity index (χ1v) is 5.59. The van der Waals surface area contributed by atoms with E-state index in [0.29, 0.717) is 6.61 Å². The molecule has 17 heavy (non-hydrogen) atoms. The number of hydrogen-bond donors (Lipinski definition) is 1. The van der Waals surface area contributed by atoms with Gasteiger partial charge in [0, 0.05) is 6.54 Å². The first kappa shape index (κ1) is 10.1. The van der Waals surface area contributed by atoms with Gasteiger partial charge in [-0.05, 0) is 35.4 Å². The number of rotatable bonds is 1. The third kappa shape index (κ3) is 1.96. The van der Waals surface area contributed by atoms with Gasteiger partial charge in [0.15, 0.2) is 0 Å². The highest BCUT2D eigenvalue weighted by Gasteiger charge is 2.10. The number of benzene rings is 2. The smallest absolute Gasteiger partial charge is 0.142 e. The Bertz CT molecular complexity index is 554. The number of ether oxygens (including phenoxy) is 1. The average Bonchev–Trinajstić information content (AvgIpc) is 2.38. The quantitative estimate of drug-likeness (QED) is 0.810. The summed E-state index contributed by atoms with van der Waals surface area (Å²) in [4.78, 5) is 0. The number of halogens is 1. The van der Waals surface area contributed by atoms with E-state index in [4.69, 9.17) is 4.74 Å². The molecule has 1 heterocycles. The largest absolute Gasteiger partial charge is 0.490 e. The minimum absolute atomic E-state index is 0.218. The van der Waals surface area contributed by atoms with Crippen LogP contribution >= 0.6 is 0 Å². The topological polar surface area (TPSA) is 21.3 Å². The fourth-order valence-corrected chi connectivity index (χ4v) is 1.99. The van der Waals surface area contributed by atoms with E-state index in [1.807, 2.05) is 24.3 Å². The molecule has 86 valence electrons. The summed E-state index contributed by atoms with van der Waals surface area (Å²) < 4.78 is 18.7. The molecule has 0 unspecified atom stereocenters. The summed E-state index contributed by atoms with van der Waals surface area (Å²) in [5.41, 5.74) is 2.83. The van der Waals surface area contributed by atoms with Crippen molar-refractivity contribution in [3.8, 4) is 16.9 Å². The maximum absolute atomic E-state index is 13.2. The summed E-state index contributed by atoms with van der Waals surface area (Å²) in [7, 11) is 0. The summed E-state index contributed by atoms with van der Waals surface area (Å²) in [6.07, 6.45) is 0. The average molecular weight is 229 g/mol. The molecule has 0 atom stereocenters. The van der Waals surface area contributed by atoms with Gasteiger partial charge in [-0.25, -0.2) is 4.39 Å². The predicted molar refractivity (Wildman–Crippen MR) is 65.8 cm³/mol. The molecule has 0 aliphatic carbocycles. The highest BCUT2D eigenvalue weighted by molar-refractivity contribution is 5.72. The van der Waals surface area contributed by atoms with Crippen molar-refractivity contribution in [2.75, 3.05) is 18.5 Å². The number of hydrogen-bond acceptors (Lipinski definition) is 2. The number of anilines is 1. The zero-order chi connectivity index (χ0) is 11.7. The van der Waals surface area contributed by atoms with Crippen LogP contribution in [0.4, 0.5) is 10.1 Å². The summed E-state index contributed by atoms with van der Waals surface area (Å²) in [5.74, 6) is 0.640. The SMILES string of the molecule is Fc1cccc(-c2ccc3c(c2)NCCO3)c1. The van der Waals surface area contributed by atoms with Gasteiger partial charge < -0.3 is 10.1 Å². The molecule has 0 fully saturated rings. The third-order valence-corrected chi connectivity index (χ3v) is 2.81. The molecule has 0 saturated carbocycles. The van der Waals surface area contributed by atoms with E-state index < -0.39 is 0 Å². The molecule has 2 nitrogen and oxygen atoms in total. The van der Waals surface area contributed by atoms with E-state index >= 15 is 0 Å². The van der Waals surface area contributed by atoms with Gasteiger partial charge in [0.05, 0.1) is 5.69 Å². The summed E-state index contributed by atoms with van der Waals surface area (Å²) >= 11 is 0. The van der Waals surface area contributed by atoms with Crippen LogP contribution in [0, 0.1) is 5.82 Å². The second-order valence-corrected chi connectivity index (χ2v) is 4.00. The van der Waals surface area contributed by atoms with Crippen LogP contribution in [0.2, 0.25) is 0 Å². The molecule has 1 N–H and O–H groups in total. The predicted octanol–water partition coefficient (Wildman–Crippen LogP) is 3.30. The van der Waals surface area contributed by atoms with Crippen LogP contribution in [0.3, 0.4) is 0 Å². The highest BCUT2D eigenvalue weighted by atomic mass is 19.1. The van der Waals surface area contributed by atoms with Gasteiger partial charge in [-0.15, -0.1) is 0 Å². The molecule has 3 heteroatoms. The summed E-state index contributed by atoms with van der Waals surface area (Å²) in [6, 6.07) is 12.4. The summed E-state index contributed by atoms with van der Waals surface area (Å²) in [6.45, 7) is 1.49. The first-order chi connectivity index (χ1) is 8.33. The minimum atomic E-state index is -0.218.